The quantitative estimate of drug-likeness (QED) is 0.476. The number of hydrogen-bond acceptors (Lipinski definition) is 6. The first-order chi connectivity index (χ1) is 16.5. The summed E-state index contributed by atoms with van der Waals surface area (Å²) in [6.45, 7) is 2.01. The molecule has 1 heterocycles. The van der Waals surface area contributed by atoms with Gasteiger partial charge in [0.05, 0.1) is 22.9 Å². The van der Waals surface area contributed by atoms with Crippen LogP contribution in [0.5, 0.6) is 11.5 Å². The van der Waals surface area contributed by atoms with Crippen molar-refractivity contribution in [2.75, 3.05) is 18.1 Å². The Hall–Kier alpha value is -4.04. The van der Waals surface area contributed by atoms with E-state index >= 15 is 0 Å². The van der Waals surface area contributed by atoms with Crippen LogP contribution in [0.25, 0.3) is 6.08 Å². The van der Waals surface area contributed by atoms with Crippen LogP contribution < -0.4 is 20.1 Å². The van der Waals surface area contributed by atoms with E-state index in [1.807, 2.05) is 67.6 Å². The van der Waals surface area contributed by atoms with Crippen molar-refractivity contribution in [3.05, 3.63) is 89.3 Å². The minimum absolute atomic E-state index is 0.169. The molecule has 3 aromatic rings. The number of nitrogens with zero attached hydrogens (tertiary/aromatic N) is 2. The zero-order chi connectivity index (χ0) is 23.9. The fourth-order valence-electron chi connectivity index (χ4n) is 3.27. The standard InChI is InChI=1S/C26H23N3O4S/c1-2-32-22-15-18(13-14-21(22)33-17-24(27)30)16-23-25(31)29(20-11-7-4-8-12-20)26(34-23)28-19-9-5-3-6-10-19/h3-16H,2,17H2,1H3,(H2,27,30)/b23-16+,28-26?. The summed E-state index contributed by atoms with van der Waals surface area (Å²) in [6.07, 6.45) is 1.79. The minimum atomic E-state index is -0.576. The van der Waals surface area contributed by atoms with Crippen molar-refractivity contribution in [3.8, 4) is 11.5 Å². The largest absolute Gasteiger partial charge is 0.490 e. The summed E-state index contributed by atoms with van der Waals surface area (Å²) >= 11 is 1.30. The molecule has 2 amide bonds. The topological polar surface area (TPSA) is 94.2 Å². The summed E-state index contributed by atoms with van der Waals surface area (Å²) in [5, 5.41) is 0.570. The third kappa shape index (κ3) is 5.47. The van der Waals surface area contributed by atoms with Gasteiger partial charge in [0.1, 0.15) is 0 Å². The average Bonchev–Trinajstić information content (AvgIpc) is 3.14. The second-order valence-corrected chi connectivity index (χ2v) is 8.22. The van der Waals surface area contributed by atoms with Crippen LogP contribution in [0, 0.1) is 0 Å². The highest BCUT2D eigenvalue weighted by Gasteiger charge is 2.34. The molecular weight excluding hydrogens is 450 g/mol. The number of amidine groups is 1. The maximum atomic E-state index is 13.4. The van der Waals surface area contributed by atoms with E-state index in [2.05, 4.69) is 0 Å². The summed E-state index contributed by atoms with van der Waals surface area (Å²) < 4.78 is 11.1. The number of amides is 2. The van der Waals surface area contributed by atoms with Gasteiger partial charge in [-0.15, -0.1) is 0 Å². The number of aliphatic imine (C=N–C) groups is 1. The zero-order valence-electron chi connectivity index (χ0n) is 18.5. The Labute approximate surface area is 201 Å². The van der Waals surface area contributed by atoms with Gasteiger partial charge in [0.2, 0.25) is 0 Å². The molecular formula is C26H23N3O4S. The molecule has 172 valence electrons. The van der Waals surface area contributed by atoms with Crippen LogP contribution in [0.4, 0.5) is 11.4 Å². The van der Waals surface area contributed by atoms with E-state index in [9.17, 15) is 9.59 Å². The molecule has 0 saturated carbocycles. The number of ether oxygens (including phenoxy) is 2. The lowest BCUT2D eigenvalue weighted by molar-refractivity contribution is -0.120. The number of carbonyl (C=O) groups excluding carboxylic acids is 2. The van der Waals surface area contributed by atoms with Gasteiger partial charge in [0.15, 0.2) is 23.3 Å². The number of thioether (sulfide) groups is 1. The molecule has 8 heteroatoms. The first-order valence-corrected chi connectivity index (χ1v) is 11.5. The highest BCUT2D eigenvalue weighted by molar-refractivity contribution is 8.19. The van der Waals surface area contributed by atoms with E-state index in [0.29, 0.717) is 28.2 Å². The van der Waals surface area contributed by atoms with Gasteiger partial charge in [-0.1, -0.05) is 42.5 Å². The smallest absolute Gasteiger partial charge is 0.271 e. The Bertz CT molecular complexity index is 1240. The molecule has 0 aromatic heterocycles. The molecule has 34 heavy (non-hydrogen) atoms. The fourth-order valence-corrected chi connectivity index (χ4v) is 4.27. The lowest BCUT2D eigenvalue weighted by Gasteiger charge is -2.15. The van der Waals surface area contributed by atoms with E-state index in [1.165, 1.54) is 11.8 Å². The second kappa shape index (κ2) is 10.7. The molecule has 0 radical (unpaired) electrons. The number of para-hydroxylation sites is 2. The van der Waals surface area contributed by atoms with Crippen LogP contribution in [0.3, 0.4) is 0 Å². The molecule has 3 aromatic carbocycles. The summed E-state index contributed by atoms with van der Waals surface area (Å²) in [6, 6.07) is 24.2. The predicted molar refractivity (Wildman–Crippen MR) is 135 cm³/mol. The zero-order valence-corrected chi connectivity index (χ0v) is 19.3. The van der Waals surface area contributed by atoms with Crippen LogP contribution in [-0.2, 0) is 9.59 Å². The first-order valence-electron chi connectivity index (χ1n) is 10.7. The van der Waals surface area contributed by atoms with E-state index < -0.39 is 5.91 Å². The number of rotatable bonds is 8. The van der Waals surface area contributed by atoms with Gasteiger partial charge in [-0.3, -0.25) is 14.5 Å². The van der Waals surface area contributed by atoms with Gasteiger partial charge in [0.25, 0.3) is 11.8 Å². The van der Waals surface area contributed by atoms with Crippen LogP contribution in [0.2, 0.25) is 0 Å². The molecule has 0 aliphatic carbocycles. The van der Waals surface area contributed by atoms with E-state index in [1.54, 1.807) is 29.2 Å². The number of hydrogen-bond donors (Lipinski definition) is 1. The Kier molecular flexibility index (Phi) is 7.29. The number of nitrogens with two attached hydrogens (primary N) is 1. The summed E-state index contributed by atoms with van der Waals surface area (Å²) in [7, 11) is 0. The van der Waals surface area contributed by atoms with Crippen LogP contribution >= 0.6 is 11.8 Å². The molecule has 2 N–H and O–H groups in total. The monoisotopic (exact) mass is 473 g/mol. The van der Waals surface area contributed by atoms with Crippen molar-refractivity contribution in [2.45, 2.75) is 6.92 Å². The molecule has 1 aliphatic heterocycles. The minimum Gasteiger partial charge on any atom is -0.490 e. The van der Waals surface area contributed by atoms with Gasteiger partial charge in [0, 0.05) is 0 Å². The van der Waals surface area contributed by atoms with Gasteiger partial charge < -0.3 is 15.2 Å². The molecule has 4 rings (SSSR count). The van der Waals surface area contributed by atoms with E-state index in [0.717, 1.165) is 16.9 Å². The summed E-state index contributed by atoms with van der Waals surface area (Å²) in [4.78, 5) is 31.3. The average molecular weight is 474 g/mol. The van der Waals surface area contributed by atoms with Crippen molar-refractivity contribution in [1.82, 2.24) is 0 Å². The van der Waals surface area contributed by atoms with Gasteiger partial charge in [-0.2, -0.15) is 0 Å². The molecule has 7 nitrogen and oxygen atoms in total. The first kappa shape index (κ1) is 23.1. The maximum Gasteiger partial charge on any atom is 0.271 e. The van der Waals surface area contributed by atoms with Gasteiger partial charge in [-0.25, -0.2) is 4.99 Å². The van der Waals surface area contributed by atoms with E-state index in [-0.39, 0.29) is 12.5 Å². The highest BCUT2D eigenvalue weighted by atomic mass is 32.2. The Morgan fingerprint density at radius 3 is 2.38 bits per heavy atom. The third-order valence-electron chi connectivity index (χ3n) is 4.74. The normalized spacial score (nSPS) is 15.7. The van der Waals surface area contributed by atoms with Crippen LogP contribution in [0.1, 0.15) is 12.5 Å². The van der Waals surface area contributed by atoms with Crippen LogP contribution in [0.15, 0.2) is 88.8 Å². The Morgan fingerprint density at radius 1 is 1.00 bits per heavy atom. The molecule has 0 spiro atoms. The Balaban J connectivity index is 1.69. The SMILES string of the molecule is CCOc1cc(/C=C2/SC(=Nc3ccccc3)N(c3ccccc3)C2=O)ccc1OCC(N)=O. The fraction of sp³-hybridized carbons (Fsp3) is 0.115. The molecule has 1 aliphatic rings. The molecule has 1 fully saturated rings. The van der Waals surface area contributed by atoms with Crippen LogP contribution in [-0.4, -0.2) is 30.2 Å². The molecule has 0 unspecified atom stereocenters. The number of anilines is 1. The van der Waals surface area contributed by atoms with E-state index in [4.69, 9.17) is 20.2 Å². The third-order valence-corrected chi connectivity index (χ3v) is 5.71. The maximum absolute atomic E-state index is 13.4. The van der Waals surface area contributed by atoms with Crippen molar-refractivity contribution >= 4 is 46.2 Å². The summed E-state index contributed by atoms with van der Waals surface area (Å²) in [5.74, 6) is 0.128. The highest BCUT2D eigenvalue weighted by Crippen LogP contribution is 2.38. The Morgan fingerprint density at radius 2 is 1.71 bits per heavy atom. The molecule has 0 bridgehead atoms. The van der Waals surface area contributed by atoms with Crippen molar-refractivity contribution < 1.29 is 19.1 Å². The lowest BCUT2D eigenvalue weighted by atomic mass is 10.1. The van der Waals surface area contributed by atoms with Crippen molar-refractivity contribution in [2.24, 2.45) is 10.7 Å². The number of primary amides is 1. The van der Waals surface area contributed by atoms with Crippen molar-refractivity contribution in [1.29, 1.82) is 0 Å². The predicted octanol–water partition coefficient (Wildman–Crippen LogP) is 4.76. The number of benzene rings is 3. The van der Waals surface area contributed by atoms with Gasteiger partial charge in [-0.05, 0) is 66.7 Å². The molecule has 0 atom stereocenters. The lowest BCUT2D eigenvalue weighted by Crippen LogP contribution is -2.28. The van der Waals surface area contributed by atoms with Gasteiger partial charge >= 0.3 is 0 Å². The molecule has 1 saturated heterocycles. The van der Waals surface area contributed by atoms with Crippen molar-refractivity contribution in [3.63, 3.8) is 0 Å². The second-order valence-electron chi connectivity index (χ2n) is 7.21. The summed E-state index contributed by atoms with van der Waals surface area (Å²) in [5.41, 5.74) is 7.42. The number of carbonyl (C=O) groups is 2.